The Hall–Kier alpha value is 0.310. The Balaban J connectivity index is 5.29. The third kappa shape index (κ3) is 3.64. The molecule has 17 heavy (non-hydrogen) atoms. The van der Waals surface area contributed by atoms with Crippen molar-refractivity contribution in [2.24, 2.45) is 0 Å². The summed E-state index contributed by atoms with van der Waals surface area (Å²) in [6, 6.07) is 0. The van der Waals surface area contributed by atoms with Crippen LogP contribution in [-0.4, -0.2) is 59.9 Å². The van der Waals surface area contributed by atoms with Crippen LogP contribution in [0.4, 0.5) is 0 Å². The Morgan fingerprint density at radius 2 is 0.706 bits per heavy atom. The molecule has 0 bridgehead atoms. The molecule has 0 saturated heterocycles. The summed E-state index contributed by atoms with van der Waals surface area (Å²) in [5.74, 6) is 0. The molecule has 0 atom stereocenters. The van der Waals surface area contributed by atoms with Crippen LogP contribution in [0.15, 0.2) is 0 Å². The van der Waals surface area contributed by atoms with Gasteiger partial charge in [0.05, 0.1) is 0 Å². The van der Waals surface area contributed by atoms with Crippen molar-refractivity contribution in [3.63, 3.8) is 0 Å². The summed E-state index contributed by atoms with van der Waals surface area (Å²) in [7, 11) is -1.64. The summed E-state index contributed by atoms with van der Waals surface area (Å²) in [5.41, 5.74) is 0. The molecular formula is C13H34N3P. The first kappa shape index (κ1) is 17.3. The second-order valence-electron chi connectivity index (χ2n) is 4.49. The number of nitrogens with zero attached hydrogens (tertiary/aromatic N) is 3. The molecule has 0 heterocycles. The SMILES string of the molecule is CCN(CC)[PH](C)(N(CC)CC)N(CC)CC. The molecule has 0 N–H and O–H groups in total. The number of rotatable bonds is 9. The van der Waals surface area contributed by atoms with Crippen LogP contribution in [0.5, 0.6) is 0 Å². The summed E-state index contributed by atoms with van der Waals surface area (Å²) in [6.07, 6.45) is 0. The van der Waals surface area contributed by atoms with Gasteiger partial charge in [0.2, 0.25) is 0 Å². The zero-order valence-electron chi connectivity index (χ0n) is 13.1. The zero-order chi connectivity index (χ0) is 13.5. The Kier molecular flexibility index (Phi) is 8.57. The molecular weight excluding hydrogens is 229 g/mol. The van der Waals surface area contributed by atoms with Gasteiger partial charge in [0, 0.05) is 0 Å². The molecule has 0 aliphatic rings. The van der Waals surface area contributed by atoms with Crippen LogP contribution in [0.1, 0.15) is 41.5 Å². The van der Waals surface area contributed by atoms with Crippen LogP contribution in [0, 0.1) is 0 Å². The standard InChI is InChI=1S/C13H34N3P/c1-8-14(9-2)17(7,15(10-3)11-4)16(12-5)13-6/h17H,8-13H2,1-7H3. The van der Waals surface area contributed by atoms with E-state index in [1.165, 1.54) is 0 Å². The number of hydrogen-bond acceptors (Lipinski definition) is 3. The van der Waals surface area contributed by atoms with Crippen molar-refractivity contribution in [3.05, 3.63) is 0 Å². The van der Waals surface area contributed by atoms with E-state index in [9.17, 15) is 0 Å². The molecule has 4 heteroatoms. The molecule has 0 saturated carbocycles. The van der Waals surface area contributed by atoms with Crippen molar-refractivity contribution in [1.82, 2.24) is 14.0 Å². The van der Waals surface area contributed by atoms with Gasteiger partial charge in [-0.15, -0.1) is 0 Å². The average Bonchev–Trinajstić information content (AvgIpc) is 2.33. The van der Waals surface area contributed by atoms with E-state index in [1.807, 2.05) is 0 Å². The van der Waals surface area contributed by atoms with Crippen LogP contribution in [0.25, 0.3) is 0 Å². The topological polar surface area (TPSA) is 9.72 Å². The van der Waals surface area contributed by atoms with E-state index >= 15 is 0 Å². The summed E-state index contributed by atoms with van der Waals surface area (Å²) < 4.78 is 8.10. The molecule has 0 rings (SSSR count). The van der Waals surface area contributed by atoms with Crippen molar-refractivity contribution in [3.8, 4) is 0 Å². The molecule has 0 spiro atoms. The van der Waals surface area contributed by atoms with Gasteiger partial charge in [-0.05, 0) is 0 Å². The minimum absolute atomic E-state index is 1.16. The van der Waals surface area contributed by atoms with Gasteiger partial charge in [-0.25, -0.2) is 0 Å². The van der Waals surface area contributed by atoms with Crippen molar-refractivity contribution >= 4 is 7.71 Å². The van der Waals surface area contributed by atoms with Crippen LogP contribution in [0.3, 0.4) is 0 Å². The fourth-order valence-corrected chi connectivity index (χ4v) is 7.86. The van der Waals surface area contributed by atoms with E-state index in [0.29, 0.717) is 0 Å². The number of hydrogen-bond donors (Lipinski definition) is 0. The third-order valence-electron chi connectivity index (χ3n) is 4.09. The predicted molar refractivity (Wildman–Crippen MR) is 83.0 cm³/mol. The Labute approximate surface area is 110 Å². The average molecular weight is 263 g/mol. The van der Waals surface area contributed by atoms with Crippen LogP contribution >= 0.6 is 7.71 Å². The molecule has 0 fully saturated rings. The van der Waals surface area contributed by atoms with E-state index in [4.69, 9.17) is 0 Å². The molecule has 0 aromatic carbocycles. The monoisotopic (exact) mass is 263 g/mol. The van der Waals surface area contributed by atoms with Crippen molar-refractivity contribution in [2.75, 3.05) is 45.9 Å². The van der Waals surface area contributed by atoms with E-state index in [-0.39, 0.29) is 0 Å². The molecule has 0 amide bonds. The van der Waals surface area contributed by atoms with Crippen LogP contribution in [-0.2, 0) is 0 Å². The van der Waals surface area contributed by atoms with E-state index in [2.05, 4.69) is 62.2 Å². The van der Waals surface area contributed by atoms with E-state index in [0.717, 1.165) is 39.3 Å². The molecule has 106 valence electrons. The first-order valence-corrected chi connectivity index (χ1v) is 9.65. The Bertz CT molecular complexity index is 156. The Morgan fingerprint density at radius 3 is 0.824 bits per heavy atom. The fourth-order valence-electron chi connectivity index (χ4n) is 3.07. The van der Waals surface area contributed by atoms with Gasteiger partial charge in [0.1, 0.15) is 0 Å². The summed E-state index contributed by atoms with van der Waals surface area (Å²) in [6.45, 7) is 23.2. The molecule has 3 nitrogen and oxygen atoms in total. The van der Waals surface area contributed by atoms with E-state index in [1.54, 1.807) is 0 Å². The summed E-state index contributed by atoms with van der Waals surface area (Å²) in [4.78, 5) is 0. The molecule has 0 radical (unpaired) electrons. The van der Waals surface area contributed by atoms with Gasteiger partial charge >= 0.3 is 109 Å². The zero-order valence-corrected chi connectivity index (χ0v) is 14.1. The molecule has 0 unspecified atom stereocenters. The van der Waals surface area contributed by atoms with Gasteiger partial charge in [0.25, 0.3) is 0 Å². The molecule has 0 aliphatic carbocycles. The minimum atomic E-state index is -1.64. The maximum absolute atomic E-state index is 2.70. The van der Waals surface area contributed by atoms with Crippen molar-refractivity contribution in [2.45, 2.75) is 41.5 Å². The van der Waals surface area contributed by atoms with Gasteiger partial charge in [0.15, 0.2) is 0 Å². The fraction of sp³-hybridized carbons (Fsp3) is 1.00. The van der Waals surface area contributed by atoms with E-state index < -0.39 is 7.71 Å². The molecule has 0 aromatic rings. The maximum atomic E-state index is 2.70. The van der Waals surface area contributed by atoms with Crippen LogP contribution < -0.4 is 0 Å². The van der Waals surface area contributed by atoms with Gasteiger partial charge in [-0.3, -0.25) is 0 Å². The summed E-state index contributed by atoms with van der Waals surface area (Å²) in [5, 5.41) is 0. The van der Waals surface area contributed by atoms with Gasteiger partial charge < -0.3 is 0 Å². The molecule has 0 aromatic heterocycles. The Morgan fingerprint density at radius 1 is 0.529 bits per heavy atom. The van der Waals surface area contributed by atoms with Gasteiger partial charge in [-0.1, -0.05) is 0 Å². The van der Waals surface area contributed by atoms with Gasteiger partial charge in [-0.2, -0.15) is 0 Å². The first-order chi connectivity index (χ1) is 8.06. The second-order valence-corrected chi connectivity index (χ2v) is 8.33. The molecule has 0 aliphatic heterocycles. The summed E-state index contributed by atoms with van der Waals surface area (Å²) >= 11 is 0. The van der Waals surface area contributed by atoms with Crippen molar-refractivity contribution < 1.29 is 0 Å². The predicted octanol–water partition coefficient (Wildman–Crippen LogP) is 3.14. The first-order valence-electron chi connectivity index (χ1n) is 7.31. The van der Waals surface area contributed by atoms with Crippen LogP contribution in [0.2, 0.25) is 0 Å². The third-order valence-corrected chi connectivity index (χ3v) is 9.58. The second kappa shape index (κ2) is 8.42. The quantitative estimate of drug-likeness (QED) is 0.592. The van der Waals surface area contributed by atoms with Crippen molar-refractivity contribution in [1.29, 1.82) is 0 Å². The normalized spacial score (nSPS) is 14.0.